The molecular weight excluding hydrogens is 242 g/mol. The Kier molecular flexibility index (Phi) is 4.00. The van der Waals surface area contributed by atoms with Gasteiger partial charge in [-0.15, -0.1) is 0 Å². The first kappa shape index (κ1) is 13.3. The van der Waals surface area contributed by atoms with E-state index >= 15 is 0 Å². The zero-order valence-electron chi connectivity index (χ0n) is 10.8. The van der Waals surface area contributed by atoms with E-state index in [0.717, 1.165) is 11.6 Å². The highest BCUT2D eigenvalue weighted by Gasteiger charge is 2.28. The van der Waals surface area contributed by atoms with E-state index in [1.54, 1.807) is 24.3 Å². The first-order valence-electron chi connectivity index (χ1n) is 6.38. The molecule has 1 amide bonds. The first-order valence-corrected chi connectivity index (χ1v) is 6.38. The number of carbonyl (C=O) groups excluding carboxylic acids is 1. The summed E-state index contributed by atoms with van der Waals surface area (Å²) in [5.41, 5.74) is 1.36. The van der Waals surface area contributed by atoms with E-state index in [9.17, 15) is 9.59 Å². The molecule has 1 fully saturated rings. The molecule has 1 aromatic carbocycles. The molecule has 4 heteroatoms. The van der Waals surface area contributed by atoms with Crippen LogP contribution in [0, 0.1) is 5.92 Å². The third-order valence-corrected chi connectivity index (χ3v) is 3.28. The largest absolute Gasteiger partial charge is 0.478 e. The van der Waals surface area contributed by atoms with Crippen molar-refractivity contribution in [1.29, 1.82) is 0 Å². The van der Waals surface area contributed by atoms with Crippen LogP contribution < -0.4 is 5.32 Å². The highest BCUT2D eigenvalue weighted by atomic mass is 16.4. The van der Waals surface area contributed by atoms with Gasteiger partial charge in [-0.1, -0.05) is 12.1 Å². The maximum absolute atomic E-state index is 11.9. The summed E-state index contributed by atoms with van der Waals surface area (Å²) in [5.74, 6) is -0.435. The van der Waals surface area contributed by atoms with E-state index in [0.29, 0.717) is 11.5 Å². The molecule has 1 aliphatic rings. The van der Waals surface area contributed by atoms with Crippen LogP contribution in [0.5, 0.6) is 0 Å². The van der Waals surface area contributed by atoms with Crippen LogP contribution in [0.15, 0.2) is 30.3 Å². The molecule has 19 heavy (non-hydrogen) atoms. The molecule has 1 saturated carbocycles. The van der Waals surface area contributed by atoms with Gasteiger partial charge in [0.2, 0.25) is 0 Å². The summed E-state index contributed by atoms with van der Waals surface area (Å²) in [5, 5.41) is 11.5. The van der Waals surface area contributed by atoms with Gasteiger partial charge >= 0.3 is 5.97 Å². The minimum Gasteiger partial charge on any atom is -0.478 e. The van der Waals surface area contributed by atoms with Crippen molar-refractivity contribution in [1.82, 2.24) is 5.32 Å². The van der Waals surface area contributed by atoms with E-state index in [2.05, 4.69) is 5.32 Å². The topological polar surface area (TPSA) is 66.4 Å². The molecule has 4 nitrogen and oxygen atoms in total. The molecule has 0 heterocycles. The normalized spacial score (nSPS) is 16.3. The number of carboxylic acid groups (broad SMARTS) is 1. The smallest absolute Gasteiger partial charge is 0.328 e. The molecule has 100 valence electrons. The van der Waals surface area contributed by atoms with Gasteiger partial charge in [-0.2, -0.15) is 0 Å². The fourth-order valence-corrected chi connectivity index (χ4v) is 1.92. The zero-order valence-corrected chi connectivity index (χ0v) is 10.8. The molecule has 0 saturated heterocycles. The van der Waals surface area contributed by atoms with Crippen molar-refractivity contribution in [3.05, 3.63) is 41.5 Å². The molecule has 0 radical (unpaired) electrons. The van der Waals surface area contributed by atoms with Crippen LogP contribution in [0.1, 0.15) is 35.7 Å². The van der Waals surface area contributed by atoms with Crippen molar-refractivity contribution < 1.29 is 14.7 Å². The van der Waals surface area contributed by atoms with Crippen molar-refractivity contribution >= 4 is 18.0 Å². The second-order valence-electron chi connectivity index (χ2n) is 4.89. The number of hydrogen-bond acceptors (Lipinski definition) is 2. The number of amides is 1. The predicted molar refractivity (Wildman–Crippen MR) is 72.8 cm³/mol. The summed E-state index contributed by atoms with van der Waals surface area (Å²) in [7, 11) is 0. The number of benzene rings is 1. The minimum atomic E-state index is -0.986. The van der Waals surface area contributed by atoms with Gasteiger partial charge in [-0.25, -0.2) is 4.79 Å². The highest BCUT2D eigenvalue weighted by molar-refractivity contribution is 5.94. The Bertz CT molecular complexity index is 501. The lowest BCUT2D eigenvalue weighted by molar-refractivity contribution is -0.131. The molecule has 0 aliphatic heterocycles. The first-order chi connectivity index (χ1) is 9.06. The molecule has 1 unspecified atom stereocenters. The van der Waals surface area contributed by atoms with Gasteiger partial charge in [-0.3, -0.25) is 4.79 Å². The fraction of sp³-hybridized carbons (Fsp3) is 0.333. The lowest BCUT2D eigenvalue weighted by Gasteiger charge is -2.12. The number of carboxylic acids is 1. The molecule has 2 N–H and O–H groups in total. The maximum Gasteiger partial charge on any atom is 0.328 e. The van der Waals surface area contributed by atoms with Crippen LogP contribution in [0.2, 0.25) is 0 Å². The Morgan fingerprint density at radius 2 is 1.95 bits per heavy atom. The molecular formula is C15H17NO3. The summed E-state index contributed by atoms with van der Waals surface area (Å²) >= 11 is 0. The fourth-order valence-electron chi connectivity index (χ4n) is 1.92. The summed E-state index contributed by atoms with van der Waals surface area (Å²) in [6, 6.07) is 7.10. The number of rotatable bonds is 5. The second kappa shape index (κ2) is 5.69. The molecule has 0 spiro atoms. The summed E-state index contributed by atoms with van der Waals surface area (Å²) in [6.07, 6.45) is 4.96. The van der Waals surface area contributed by atoms with Crippen molar-refractivity contribution in [2.75, 3.05) is 0 Å². The molecule has 1 atom stereocenters. The van der Waals surface area contributed by atoms with E-state index < -0.39 is 5.97 Å². The maximum atomic E-state index is 11.9. The zero-order chi connectivity index (χ0) is 13.8. The molecule has 1 aliphatic carbocycles. The van der Waals surface area contributed by atoms with E-state index in [-0.39, 0.29) is 11.9 Å². The Morgan fingerprint density at radius 3 is 2.47 bits per heavy atom. The van der Waals surface area contributed by atoms with Crippen LogP contribution in [0.4, 0.5) is 0 Å². The summed E-state index contributed by atoms with van der Waals surface area (Å²) < 4.78 is 0. The van der Waals surface area contributed by atoms with Crippen molar-refractivity contribution in [2.24, 2.45) is 5.92 Å². The Hall–Kier alpha value is -2.10. The standard InChI is InChI=1S/C15H17NO3/c1-10(12-7-8-12)16-15(19)13-5-2-11(3-6-13)4-9-14(17)18/h2-6,9-10,12H,7-8H2,1H3,(H,16,19)(H,17,18). The van der Waals surface area contributed by atoms with Crippen molar-refractivity contribution in [2.45, 2.75) is 25.8 Å². The Labute approximate surface area is 112 Å². The quantitative estimate of drug-likeness (QED) is 0.797. The molecule has 0 aromatic heterocycles. The minimum absolute atomic E-state index is 0.0758. The summed E-state index contributed by atoms with van der Waals surface area (Å²) in [4.78, 5) is 22.3. The van der Waals surface area contributed by atoms with Gasteiger partial charge in [0, 0.05) is 17.7 Å². The SMILES string of the molecule is CC(NC(=O)c1ccc(C=CC(=O)O)cc1)C1CC1. The van der Waals surface area contributed by atoms with Crippen LogP contribution in [0.3, 0.4) is 0 Å². The Morgan fingerprint density at radius 1 is 1.32 bits per heavy atom. The third-order valence-electron chi connectivity index (χ3n) is 3.28. The lowest BCUT2D eigenvalue weighted by atomic mass is 10.1. The number of nitrogens with one attached hydrogen (secondary N) is 1. The van der Waals surface area contributed by atoms with Crippen LogP contribution >= 0.6 is 0 Å². The third kappa shape index (κ3) is 3.95. The van der Waals surface area contributed by atoms with E-state index in [4.69, 9.17) is 5.11 Å². The number of carbonyl (C=O) groups is 2. The molecule has 2 rings (SSSR count). The molecule has 0 bridgehead atoms. The van der Waals surface area contributed by atoms with Gasteiger partial charge < -0.3 is 10.4 Å². The van der Waals surface area contributed by atoms with Gasteiger partial charge in [0.15, 0.2) is 0 Å². The van der Waals surface area contributed by atoms with Gasteiger partial charge in [0.1, 0.15) is 0 Å². The van der Waals surface area contributed by atoms with E-state index in [1.165, 1.54) is 18.9 Å². The van der Waals surface area contributed by atoms with Crippen LogP contribution in [-0.4, -0.2) is 23.0 Å². The van der Waals surface area contributed by atoms with Crippen LogP contribution in [-0.2, 0) is 4.79 Å². The average molecular weight is 259 g/mol. The highest BCUT2D eigenvalue weighted by Crippen LogP contribution is 2.32. The van der Waals surface area contributed by atoms with Crippen LogP contribution in [0.25, 0.3) is 6.08 Å². The number of aliphatic carboxylic acids is 1. The summed E-state index contributed by atoms with van der Waals surface area (Å²) in [6.45, 7) is 2.03. The average Bonchev–Trinajstić information content (AvgIpc) is 3.21. The number of hydrogen-bond donors (Lipinski definition) is 2. The van der Waals surface area contributed by atoms with Crippen molar-refractivity contribution in [3.63, 3.8) is 0 Å². The van der Waals surface area contributed by atoms with Gasteiger partial charge in [0.05, 0.1) is 0 Å². The monoisotopic (exact) mass is 259 g/mol. The molecule has 1 aromatic rings. The van der Waals surface area contributed by atoms with Gasteiger partial charge in [-0.05, 0) is 49.5 Å². The van der Waals surface area contributed by atoms with Crippen molar-refractivity contribution in [3.8, 4) is 0 Å². The predicted octanol–water partition coefficient (Wildman–Crippen LogP) is 2.31. The second-order valence-corrected chi connectivity index (χ2v) is 4.89. The van der Waals surface area contributed by atoms with Gasteiger partial charge in [0.25, 0.3) is 5.91 Å². The lowest BCUT2D eigenvalue weighted by Crippen LogP contribution is -2.33. The Balaban J connectivity index is 1.97. The van der Waals surface area contributed by atoms with E-state index in [1.807, 2.05) is 6.92 Å².